The fourth-order valence-corrected chi connectivity index (χ4v) is 3.11. The molecule has 3 rings (SSSR count). The number of aromatic nitrogens is 2. The SMILES string of the molecule is c1nc(C2CNCC23CCCC3)no1. The van der Waals surface area contributed by atoms with Gasteiger partial charge in [0.15, 0.2) is 5.82 Å². The Labute approximate surface area is 83.1 Å². The topological polar surface area (TPSA) is 51.0 Å². The van der Waals surface area contributed by atoms with E-state index in [0.717, 1.165) is 18.9 Å². The van der Waals surface area contributed by atoms with Gasteiger partial charge in [0.1, 0.15) is 0 Å². The van der Waals surface area contributed by atoms with Gasteiger partial charge < -0.3 is 9.84 Å². The minimum absolute atomic E-state index is 0.434. The van der Waals surface area contributed by atoms with Crippen LogP contribution in [0.5, 0.6) is 0 Å². The predicted octanol–water partition coefficient (Wildman–Crippen LogP) is 1.32. The number of nitrogens with one attached hydrogen (secondary N) is 1. The monoisotopic (exact) mass is 193 g/mol. The molecule has 0 radical (unpaired) electrons. The first kappa shape index (κ1) is 8.41. The van der Waals surface area contributed by atoms with Crippen LogP contribution in [0.1, 0.15) is 37.4 Å². The van der Waals surface area contributed by atoms with Crippen molar-refractivity contribution in [2.75, 3.05) is 13.1 Å². The van der Waals surface area contributed by atoms with Crippen LogP contribution in [0.4, 0.5) is 0 Å². The molecule has 1 N–H and O–H groups in total. The smallest absolute Gasteiger partial charge is 0.213 e. The second kappa shape index (κ2) is 3.05. The molecule has 2 heterocycles. The average molecular weight is 193 g/mol. The van der Waals surface area contributed by atoms with Crippen molar-refractivity contribution in [1.82, 2.24) is 15.5 Å². The first-order valence-electron chi connectivity index (χ1n) is 5.38. The summed E-state index contributed by atoms with van der Waals surface area (Å²) >= 11 is 0. The molecule has 0 amide bonds. The largest absolute Gasteiger partial charge is 0.343 e. The van der Waals surface area contributed by atoms with Crippen LogP contribution in [-0.4, -0.2) is 23.2 Å². The van der Waals surface area contributed by atoms with Crippen molar-refractivity contribution in [3.8, 4) is 0 Å². The number of nitrogens with zero attached hydrogens (tertiary/aromatic N) is 2. The molecule has 76 valence electrons. The summed E-state index contributed by atoms with van der Waals surface area (Å²) in [5.74, 6) is 1.38. The van der Waals surface area contributed by atoms with Gasteiger partial charge in [-0.1, -0.05) is 18.0 Å². The zero-order valence-electron chi connectivity index (χ0n) is 8.20. The van der Waals surface area contributed by atoms with E-state index in [2.05, 4.69) is 15.5 Å². The normalized spacial score (nSPS) is 30.1. The zero-order valence-corrected chi connectivity index (χ0v) is 8.20. The van der Waals surface area contributed by atoms with E-state index in [1.807, 2.05) is 0 Å². The highest BCUT2D eigenvalue weighted by molar-refractivity contribution is 5.10. The first-order chi connectivity index (χ1) is 6.91. The first-order valence-corrected chi connectivity index (χ1v) is 5.38. The van der Waals surface area contributed by atoms with Crippen LogP contribution in [0.2, 0.25) is 0 Å². The van der Waals surface area contributed by atoms with E-state index in [4.69, 9.17) is 4.52 Å². The highest BCUT2D eigenvalue weighted by Gasteiger charge is 2.47. The molecule has 2 fully saturated rings. The van der Waals surface area contributed by atoms with Crippen LogP contribution in [0.3, 0.4) is 0 Å². The van der Waals surface area contributed by atoms with Crippen molar-refractivity contribution >= 4 is 0 Å². The standard InChI is InChI=1S/C10H15N3O/c1-2-4-10(3-1)6-11-5-8(10)9-12-7-14-13-9/h7-8,11H,1-6H2. The Kier molecular flexibility index (Phi) is 1.83. The van der Waals surface area contributed by atoms with Crippen molar-refractivity contribution in [2.24, 2.45) is 5.41 Å². The summed E-state index contributed by atoms with van der Waals surface area (Å²) in [5, 5.41) is 7.46. The lowest BCUT2D eigenvalue weighted by molar-refractivity contribution is 0.279. The van der Waals surface area contributed by atoms with Gasteiger partial charge in [0, 0.05) is 19.0 Å². The van der Waals surface area contributed by atoms with E-state index in [0.29, 0.717) is 11.3 Å². The highest BCUT2D eigenvalue weighted by Crippen LogP contribution is 2.49. The Morgan fingerprint density at radius 3 is 3.00 bits per heavy atom. The third-order valence-corrected chi connectivity index (χ3v) is 3.85. The molecule has 4 nitrogen and oxygen atoms in total. The molecule has 1 aromatic rings. The molecule has 14 heavy (non-hydrogen) atoms. The van der Waals surface area contributed by atoms with Crippen LogP contribution in [0.15, 0.2) is 10.9 Å². The molecule has 1 aromatic heterocycles. The second-order valence-electron chi connectivity index (χ2n) is 4.54. The molecule has 0 bridgehead atoms. The van der Waals surface area contributed by atoms with Crippen molar-refractivity contribution in [3.05, 3.63) is 12.2 Å². The molecular weight excluding hydrogens is 178 g/mol. The van der Waals surface area contributed by atoms with Gasteiger partial charge in [-0.05, 0) is 18.3 Å². The van der Waals surface area contributed by atoms with E-state index in [-0.39, 0.29) is 0 Å². The molecular formula is C10H15N3O. The van der Waals surface area contributed by atoms with E-state index >= 15 is 0 Å². The van der Waals surface area contributed by atoms with Gasteiger partial charge in [-0.2, -0.15) is 4.98 Å². The number of hydrogen-bond donors (Lipinski definition) is 1. The quantitative estimate of drug-likeness (QED) is 0.730. The predicted molar refractivity (Wildman–Crippen MR) is 50.8 cm³/mol. The minimum Gasteiger partial charge on any atom is -0.343 e. The Hall–Kier alpha value is -0.900. The molecule has 0 aromatic carbocycles. The van der Waals surface area contributed by atoms with Gasteiger partial charge in [-0.3, -0.25) is 0 Å². The molecule has 1 unspecified atom stereocenters. The third-order valence-electron chi connectivity index (χ3n) is 3.85. The Morgan fingerprint density at radius 1 is 1.43 bits per heavy atom. The fraction of sp³-hybridized carbons (Fsp3) is 0.800. The van der Waals surface area contributed by atoms with Crippen LogP contribution in [0.25, 0.3) is 0 Å². The molecule has 1 atom stereocenters. The van der Waals surface area contributed by atoms with Crippen LogP contribution < -0.4 is 5.32 Å². The second-order valence-corrected chi connectivity index (χ2v) is 4.54. The zero-order chi connectivity index (χ0) is 9.43. The van der Waals surface area contributed by atoms with Crippen LogP contribution >= 0.6 is 0 Å². The van der Waals surface area contributed by atoms with Crippen molar-refractivity contribution in [3.63, 3.8) is 0 Å². The van der Waals surface area contributed by atoms with Gasteiger partial charge in [-0.15, -0.1) is 0 Å². The van der Waals surface area contributed by atoms with E-state index < -0.39 is 0 Å². The Morgan fingerprint density at radius 2 is 2.29 bits per heavy atom. The lowest BCUT2D eigenvalue weighted by Gasteiger charge is -2.27. The Bertz CT molecular complexity index is 298. The van der Waals surface area contributed by atoms with Gasteiger partial charge in [0.25, 0.3) is 0 Å². The van der Waals surface area contributed by atoms with E-state index in [9.17, 15) is 0 Å². The van der Waals surface area contributed by atoms with Crippen LogP contribution in [0, 0.1) is 5.41 Å². The summed E-state index contributed by atoms with van der Waals surface area (Å²) in [6, 6.07) is 0. The molecule has 1 saturated heterocycles. The van der Waals surface area contributed by atoms with Crippen molar-refractivity contribution in [2.45, 2.75) is 31.6 Å². The van der Waals surface area contributed by atoms with Crippen LogP contribution in [-0.2, 0) is 0 Å². The summed E-state index contributed by atoms with van der Waals surface area (Å²) in [6.07, 6.45) is 6.79. The number of hydrogen-bond acceptors (Lipinski definition) is 4. The maximum Gasteiger partial charge on any atom is 0.213 e. The van der Waals surface area contributed by atoms with E-state index in [1.54, 1.807) is 0 Å². The van der Waals surface area contributed by atoms with Crippen molar-refractivity contribution in [1.29, 1.82) is 0 Å². The van der Waals surface area contributed by atoms with Crippen molar-refractivity contribution < 1.29 is 4.52 Å². The van der Waals surface area contributed by atoms with E-state index in [1.165, 1.54) is 32.1 Å². The lowest BCUT2D eigenvalue weighted by atomic mass is 9.76. The summed E-state index contributed by atoms with van der Waals surface area (Å²) in [4.78, 5) is 4.20. The molecule has 1 aliphatic heterocycles. The Balaban J connectivity index is 1.91. The van der Waals surface area contributed by atoms with Gasteiger partial charge in [-0.25, -0.2) is 0 Å². The lowest BCUT2D eigenvalue weighted by Crippen LogP contribution is -2.25. The minimum atomic E-state index is 0.434. The molecule has 1 aliphatic carbocycles. The number of rotatable bonds is 1. The summed E-state index contributed by atoms with van der Waals surface area (Å²) in [5.41, 5.74) is 0.434. The maximum absolute atomic E-state index is 4.84. The van der Waals surface area contributed by atoms with Gasteiger partial charge in [0.2, 0.25) is 6.39 Å². The highest BCUT2D eigenvalue weighted by atomic mass is 16.5. The third kappa shape index (κ3) is 1.10. The maximum atomic E-state index is 4.84. The molecule has 1 spiro atoms. The fourth-order valence-electron chi connectivity index (χ4n) is 3.11. The summed E-state index contributed by atoms with van der Waals surface area (Å²) < 4.78 is 4.84. The summed E-state index contributed by atoms with van der Waals surface area (Å²) in [6.45, 7) is 2.14. The van der Waals surface area contributed by atoms with Gasteiger partial charge in [0.05, 0.1) is 0 Å². The molecule has 4 heteroatoms. The van der Waals surface area contributed by atoms with Gasteiger partial charge >= 0.3 is 0 Å². The summed E-state index contributed by atoms with van der Waals surface area (Å²) in [7, 11) is 0. The molecule has 1 saturated carbocycles. The molecule has 2 aliphatic rings. The average Bonchev–Trinajstić information content (AvgIpc) is 2.91.